The first-order valence-corrected chi connectivity index (χ1v) is 6.77. The van der Waals surface area contributed by atoms with E-state index in [0.717, 1.165) is 6.54 Å². The Labute approximate surface area is 110 Å². The van der Waals surface area contributed by atoms with E-state index in [2.05, 4.69) is 66.9 Å². The van der Waals surface area contributed by atoms with E-state index in [1.807, 2.05) is 0 Å². The van der Waals surface area contributed by atoms with Gasteiger partial charge in [-0.3, -0.25) is 0 Å². The second kappa shape index (κ2) is 5.85. The summed E-state index contributed by atoms with van der Waals surface area (Å²) in [6, 6.07) is 8.68. The molecule has 1 heterocycles. The van der Waals surface area contributed by atoms with Crippen molar-refractivity contribution < 1.29 is 4.58 Å². The lowest BCUT2D eigenvalue weighted by atomic mass is 10.1. The van der Waals surface area contributed by atoms with Crippen molar-refractivity contribution in [2.45, 2.75) is 19.8 Å². The molecule has 2 rings (SSSR count). The van der Waals surface area contributed by atoms with Crippen LogP contribution in [-0.4, -0.2) is 37.5 Å². The highest BCUT2D eigenvalue weighted by Crippen LogP contribution is 2.14. The zero-order chi connectivity index (χ0) is 13.0. The van der Waals surface area contributed by atoms with E-state index in [1.165, 1.54) is 36.3 Å². The standard InChI is InChI=1S/C16H23N2/c1-4-18-13-5-6-16(18)12-9-14-7-10-15(11-8-14)17(2)3/h7-12H,4-6,13H2,1-3H3/q+1. The van der Waals surface area contributed by atoms with Gasteiger partial charge < -0.3 is 4.90 Å². The van der Waals surface area contributed by atoms with Gasteiger partial charge in [0.05, 0.1) is 0 Å². The average Bonchev–Trinajstić information content (AvgIpc) is 2.84. The minimum absolute atomic E-state index is 1.12. The van der Waals surface area contributed by atoms with E-state index in [0.29, 0.717) is 0 Å². The van der Waals surface area contributed by atoms with Gasteiger partial charge in [-0.05, 0) is 30.7 Å². The lowest BCUT2D eigenvalue weighted by Crippen LogP contribution is -2.12. The van der Waals surface area contributed by atoms with Crippen molar-refractivity contribution in [1.29, 1.82) is 0 Å². The summed E-state index contributed by atoms with van der Waals surface area (Å²) in [5.41, 5.74) is 4.00. The highest BCUT2D eigenvalue weighted by atomic mass is 15.1. The Kier molecular flexibility index (Phi) is 4.19. The molecule has 0 bridgehead atoms. The maximum atomic E-state index is 2.46. The van der Waals surface area contributed by atoms with Gasteiger partial charge in [0, 0.05) is 38.7 Å². The first-order chi connectivity index (χ1) is 8.70. The number of allylic oxidation sites excluding steroid dienone is 1. The van der Waals surface area contributed by atoms with Crippen molar-refractivity contribution >= 4 is 17.5 Å². The number of benzene rings is 1. The Morgan fingerprint density at radius 1 is 1.17 bits per heavy atom. The first kappa shape index (κ1) is 12.9. The summed E-state index contributed by atoms with van der Waals surface area (Å²) in [7, 11) is 4.14. The smallest absolute Gasteiger partial charge is 0.176 e. The van der Waals surface area contributed by atoms with Gasteiger partial charge in [-0.25, -0.2) is 4.58 Å². The molecular weight excluding hydrogens is 220 g/mol. The molecule has 0 saturated carbocycles. The molecule has 18 heavy (non-hydrogen) atoms. The van der Waals surface area contributed by atoms with E-state index < -0.39 is 0 Å². The van der Waals surface area contributed by atoms with Gasteiger partial charge in [-0.15, -0.1) is 0 Å². The molecule has 0 aromatic heterocycles. The Hall–Kier alpha value is -1.57. The second-order valence-corrected chi connectivity index (χ2v) is 4.99. The molecule has 0 radical (unpaired) electrons. The minimum atomic E-state index is 1.12. The highest BCUT2D eigenvalue weighted by molar-refractivity contribution is 5.95. The summed E-state index contributed by atoms with van der Waals surface area (Å²) in [6.07, 6.45) is 7.02. The monoisotopic (exact) mass is 243 g/mol. The third-order valence-electron chi connectivity index (χ3n) is 3.53. The van der Waals surface area contributed by atoms with Gasteiger partial charge in [0.25, 0.3) is 0 Å². The molecule has 0 atom stereocenters. The molecule has 0 aliphatic carbocycles. The van der Waals surface area contributed by atoms with Gasteiger partial charge in [0.15, 0.2) is 5.71 Å². The molecule has 96 valence electrons. The summed E-state index contributed by atoms with van der Waals surface area (Å²) < 4.78 is 2.46. The van der Waals surface area contributed by atoms with Crippen LogP contribution in [0.3, 0.4) is 0 Å². The Morgan fingerprint density at radius 3 is 2.50 bits per heavy atom. The molecule has 0 amide bonds. The van der Waals surface area contributed by atoms with Crippen molar-refractivity contribution in [2.75, 3.05) is 32.1 Å². The van der Waals surface area contributed by atoms with Gasteiger partial charge in [0.1, 0.15) is 13.1 Å². The fourth-order valence-electron chi connectivity index (χ4n) is 2.38. The van der Waals surface area contributed by atoms with Crippen molar-refractivity contribution in [3.63, 3.8) is 0 Å². The van der Waals surface area contributed by atoms with Crippen LogP contribution in [0.1, 0.15) is 25.3 Å². The molecule has 0 fully saturated rings. The van der Waals surface area contributed by atoms with Crippen molar-refractivity contribution in [1.82, 2.24) is 0 Å². The summed E-state index contributed by atoms with van der Waals surface area (Å²) in [4.78, 5) is 2.12. The van der Waals surface area contributed by atoms with Crippen molar-refractivity contribution in [3.8, 4) is 0 Å². The fourth-order valence-corrected chi connectivity index (χ4v) is 2.38. The summed E-state index contributed by atoms with van der Waals surface area (Å²) >= 11 is 0. The largest absolute Gasteiger partial charge is 0.378 e. The molecule has 0 spiro atoms. The zero-order valence-corrected chi connectivity index (χ0v) is 11.7. The summed E-state index contributed by atoms with van der Waals surface area (Å²) in [5, 5.41) is 0. The third kappa shape index (κ3) is 3.00. The van der Waals surface area contributed by atoms with Crippen molar-refractivity contribution in [2.24, 2.45) is 0 Å². The van der Waals surface area contributed by atoms with Crippen LogP contribution in [0.4, 0.5) is 5.69 Å². The lowest BCUT2D eigenvalue weighted by molar-refractivity contribution is -0.515. The second-order valence-electron chi connectivity index (χ2n) is 4.99. The van der Waals surface area contributed by atoms with Crippen LogP contribution in [0.2, 0.25) is 0 Å². The van der Waals surface area contributed by atoms with Crippen LogP contribution in [0.5, 0.6) is 0 Å². The molecule has 1 aromatic rings. The highest BCUT2D eigenvalue weighted by Gasteiger charge is 2.17. The predicted octanol–water partition coefficient (Wildman–Crippen LogP) is 3.03. The van der Waals surface area contributed by atoms with E-state index in [4.69, 9.17) is 0 Å². The van der Waals surface area contributed by atoms with Gasteiger partial charge >= 0.3 is 0 Å². The normalized spacial score (nSPS) is 15.7. The molecule has 0 unspecified atom stereocenters. The van der Waals surface area contributed by atoms with Gasteiger partial charge in [0.2, 0.25) is 0 Å². The maximum Gasteiger partial charge on any atom is 0.176 e. The number of nitrogens with zero attached hydrogens (tertiary/aromatic N) is 2. The molecule has 0 N–H and O–H groups in total. The number of hydrogen-bond acceptors (Lipinski definition) is 1. The molecule has 0 saturated heterocycles. The molecule has 1 aromatic carbocycles. The van der Waals surface area contributed by atoms with Crippen molar-refractivity contribution in [3.05, 3.63) is 35.9 Å². The topological polar surface area (TPSA) is 6.25 Å². The average molecular weight is 243 g/mol. The summed E-state index contributed by atoms with van der Waals surface area (Å²) in [6.45, 7) is 4.57. The maximum absolute atomic E-state index is 2.46. The summed E-state index contributed by atoms with van der Waals surface area (Å²) in [5.74, 6) is 0. The number of rotatable bonds is 4. The molecular formula is C16H23N2+. The molecule has 1 aliphatic rings. The van der Waals surface area contributed by atoms with Gasteiger partial charge in [-0.2, -0.15) is 0 Å². The van der Waals surface area contributed by atoms with E-state index >= 15 is 0 Å². The first-order valence-electron chi connectivity index (χ1n) is 6.77. The van der Waals surface area contributed by atoms with E-state index in [9.17, 15) is 0 Å². The Morgan fingerprint density at radius 2 is 1.89 bits per heavy atom. The predicted molar refractivity (Wildman–Crippen MR) is 79.7 cm³/mol. The quantitative estimate of drug-likeness (QED) is 0.737. The van der Waals surface area contributed by atoms with Crippen LogP contribution in [-0.2, 0) is 0 Å². The number of anilines is 1. The number of hydrogen-bond donors (Lipinski definition) is 0. The van der Waals surface area contributed by atoms with Crippen LogP contribution < -0.4 is 4.90 Å². The van der Waals surface area contributed by atoms with Crippen LogP contribution in [0.25, 0.3) is 6.08 Å². The molecule has 1 aliphatic heterocycles. The SMILES string of the molecule is CC[N+]1=C(C=Cc2ccc(N(C)C)cc2)CCC1. The third-order valence-corrected chi connectivity index (χ3v) is 3.53. The van der Waals surface area contributed by atoms with E-state index in [1.54, 1.807) is 0 Å². The fraction of sp³-hybridized carbons (Fsp3) is 0.438. The lowest BCUT2D eigenvalue weighted by Gasteiger charge is -2.11. The molecule has 2 nitrogen and oxygen atoms in total. The minimum Gasteiger partial charge on any atom is -0.378 e. The van der Waals surface area contributed by atoms with Crippen LogP contribution in [0.15, 0.2) is 30.3 Å². The van der Waals surface area contributed by atoms with E-state index in [-0.39, 0.29) is 0 Å². The van der Waals surface area contributed by atoms with Gasteiger partial charge in [-0.1, -0.05) is 12.1 Å². The molecule has 2 heteroatoms. The Balaban J connectivity index is 2.09. The Bertz CT molecular complexity index is 452. The zero-order valence-electron chi connectivity index (χ0n) is 11.7. The van der Waals surface area contributed by atoms with Crippen LogP contribution >= 0.6 is 0 Å². The van der Waals surface area contributed by atoms with Crippen LogP contribution in [0, 0.1) is 0 Å².